The van der Waals surface area contributed by atoms with Crippen LogP contribution in [0.2, 0.25) is 0 Å². The second-order valence-electron chi connectivity index (χ2n) is 3.99. The molecule has 0 saturated carbocycles. The minimum atomic E-state index is -0.170. The summed E-state index contributed by atoms with van der Waals surface area (Å²) in [5.41, 5.74) is 1.94. The van der Waals surface area contributed by atoms with Crippen molar-refractivity contribution < 1.29 is 4.74 Å². The Bertz CT molecular complexity index is 491. The van der Waals surface area contributed by atoms with Gasteiger partial charge in [-0.25, -0.2) is 4.74 Å². The first-order valence-electron chi connectivity index (χ1n) is 5.68. The summed E-state index contributed by atoms with van der Waals surface area (Å²) in [6.07, 6.45) is 1.62. The molecule has 0 fully saturated rings. The van der Waals surface area contributed by atoms with E-state index in [1.165, 1.54) is 0 Å². The maximum atomic E-state index is 12.0. The molecule has 0 amide bonds. The van der Waals surface area contributed by atoms with Crippen LogP contribution in [0.4, 0.5) is 0 Å². The summed E-state index contributed by atoms with van der Waals surface area (Å²) in [5, 5.41) is 12.0. The second kappa shape index (κ2) is 5.30. The fourth-order valence-corrected chi connectivity index (χ4v) is 1.68. The van der Waals surface area contributed by atoms with E-state index in [1.54, 1.807) is 6.21 Å². The van der Waals surface area contributed by atoms with Gasteiger partial charge in [0.25, 0.3) is 0 Å². The van der Waals surface area contributed by atoms with Gasteiger partial charge >= 0.3 is 0 Å². The minimum Gasteiger partial charge on any atom is -0.623 e. The lowest BCUT2D eigenvalue weighted by atomic mass is 10.1. The molecule has 2 heteroatoms. The topological polar surface area (TPSA) is 26.1 Å². The first kappa shape index (κ1) is 11.4. The first-order valence-corrected chi connectivity index (χ1v) is 5.68. The van der Waals surface area contributed by atoms with Crippen LogP contribution in [-0.2, 0) is 0 Å². The average molecular weight is 225 g/mol. The quantitative estimate of drug-likeness (QED) is 0.340. The third-order valence-corrected chi connectivity index (χ3v) is 2.74. The summed E-state index contributed by atoms with van der Waals surface area (Å²) in [7, 11) is 0. The van der Waals surface area contributed by atoms with Gasteiger partial charge in [0.05, 0.1) is 0 Å². The number of hydrogen-bond donors (Lipinski definition) is 0. The molecule has 0 aromatic heterocycles. The largest absolute Gasteiger partial charge is 0.623 e. The van der Waals surface area contributed by atoms with Crippen LogP contribution in [0, 0.1) is 5.21 Å². The fourth-order valence-electron chi connectivity index (χ4n) is 1.68. The number of benzene rings is 2. The van der Waals surface area contributed by atoms with E-state index in [4.69, 9.17) is 0 Å². The molecular weight excluding hydrogens is 210 g/mol. The highest BCUT2D eigenvalue weighted by Gasteiger charge is 2.11. The molecule has 0 aliphatic carbocycles. The highest BCUT2D eigenvalue weighted by atomic mass is 16.5. The molecule has 0 saturated heterocycles. The van der Waals surface area contributed by atoms with Crippen molar-refractivity contribution in [2.24, 2.45) is 0 Å². The van der Waals surface area contributed by atoms with E-state index in [0.717, 1.165) is 15.9 Å². The summed E-state index contributed by atoms with van der Waals surface area (Å²) in [5.74, 6) is 0. The Kier molecular flexibility index (Phi) is 3.55. The maximum absolute atomic E-state index is 12.0. The van der Waals surface area contributed by atoms with E-state index >= 15 is 0 Å². The lowest BCUT2D eigenvalue weighted by molar-refractivity contribution is -0.498. The third-order valence-electron chi connectivity index (χ3n) is 2.74. The van der Waals surface area contributed by atoms with Gasteiger partial charge in [-0.05, 0) is 12.1 Å². The molecular formula is C15H15NO. The van der Waals surface area contributed by atoms with Crippen LogP contribution in [0.25, 0.3) is 0 Å². The van der Waals surface area contributed by atoms with Gasteiger partial charge < -0.3 is 5.21 Å². The van der Waals surface area contributed by atoms with E-state index in [0.29, 0.717) is 0 Å². The summed E-state index contributed by atoms with van der Waals surface area (Å²) in [6, 6.07) is 19.2. The Balaban J connectivity index is 2.21. The van der Waals surface area contributed by atoms with Crippen molar-refractivity contribution in [3.63, 3.8) is 0 Å². The van der Waals surface area contributed by atoms with E-state index in [-0.39, 0.29) is 6.04 Å². The Morgan fingerprint density at radius 1 is 0.941 bits per heavy atom. The van der Waals surface area contributed by atoms with Crippen molar-refractivity contribution >= 4 is 6.21 Å². The van der Waals surface area contributed by atoms with E-state index in [2.05, 4.69) is 0 Å². The lowest BCUT2D eigenvalue weighted by Crippen LogP contribution is -2.11. The van der Waals surface area contributed by atoms with Gasteiger partial charge in [0.2, 0.25) is 0 Å². The van der Waals surface area contributed by atoms with Crippen molar-refractivity contribution in [2.45, 2.75) is 13.0 Å². The van der Waals surface area contributed by atoms with Gasteiger partial charge in [-0.2, -0.15) is 0 Å². The molecule has 2 aromatic carbocycles. The molecule has 86 valence electrons. The van der Waals surface area contributed by atoms with Crippen LogP contribution in [0.15, 0.2) is 60.7 Å². The Labute approximate surface area is 101 Å². The zero-order valence-electron chi connectivity index (χ0n) is 9.78. The van der Waals surface area contributed by atoms with Gasteiger partial charge in [-0.3, -0.25) is 0 Å². The molecule has 0 unspecified atom stereocenters. The van der Waals surface area contributed by atoms with Gasteiger partial charge in [0.1, 0.15) is 0 Å². The molecule has 2 aromatic rings. The molecule has 2 rings (SSSR count). The normalized spacial score (nSPS) is 13.4. The van der Waals surface area contributed by atoms with Crippen LogP contribution in [-0.4, -0.2) is 11.0 Å². The molecule has 0 radical (unpaired) electrons. The molecule has 0 aliphatic rings. The molecule has 1 atom stereocenters. The lowest BCUT2D eigenvalue weighted by Gasteiger charge is -2.12. The van der Waals surface area contributed by atoms with Crippen molar-refractivity contribution in [1.82, 2.24) is 0 Å². The monoisotopic (exact) mass is 225 g/mol. The number of rotatable bonds is 3. The number of hydroxylamine groups is 1. The first-order chi connectivity index (χ1) is 8.27. The predicted molar refractivity (Wildman–Crippen MR) is 70.1 cm³/mol. The molecule has 0 bridgehead atoms. The second-order valence-corrected chi connectivity index (χ2v) is 3.99. The van der Waals surface area contributed by atoms with Gasteiger partial charge in [-0.15, -0.1) is 0 Å². The van der Waals surface area contributed by atoms with E-state index in [1.807, 2.05) is 67.6 Å². The zero-order valence-corrected chi connectivity index (χ0v) is 9.78. The Morgan fingerprint density at radius 3 is 2.06 bits per heavy atom. The Morgan fingerprint density at radius 2 is 1.47 bits per heavy atom. The zero-order chi connectivity index (χ0) is 12.1. The summed E-state index contributed by atoms with van der Waals surface area (Å²) in [4.78, 5) is 0. The molecule has 0 spiro atoms. The third kappa shape index (κ3) is 2.94. The predicted octanol–water partition coefficient (Wildman–Crippen LogP) is 3.38. The van der Waals surface area contributed by atoms with E-state index in [9.17, 15) is 5.21 Å². The number of hydrogen-bond acceptors (Lipinski definition) is 1. The maximum Gasteiger partial charge on any atom is 0.185 e. The Hall–Kier alpha value is -2.09. The standard InChI is InChI=1S/C15H15NO/c1-13(15-10-6-3-7-11-15)16(17)12-14-8-4-2-5-9-14/h2-13H,1H3/b16-12-/t13-/m1/s1. The van der Waals surface area contributed by atoms with Crippen molar-refractivity contribution in [1.29, 1.82) is 0 Å². The minimum absolute atomic E-state index is 0.170. The van der Waals surface area contributed by atoms with Gasteiger partial charge in [-0.1, -0.05) is 48.5 Å². The fraction of sp³-hybridized carbons (Fsp3) is 0.133. The van der Waals surface area contributed by atoms with Crippen molar-refractivity contribution in [2.75, 3.05) is 0 Å². The summed E-state index contributed by atoms with van der Waals surface area (Å²) < 4.78 is 0.991. The van der Waals surface area contributed by atoms with E-state index < -0.39 is 0 Å². The van der Waals surface area contributed by atoms with Crippen LogP contribution in [0.5, 0.6) is 0 Å². The highest BCUT2D eigenvalue weighted by Crippen LogP contribution is 2.14. The molecule has 0 aliphatic heterocycles. The molecule has 2 nitrogen and oxygen atoms in total. The van der Waals surface area contributed by atoms with Crippen molar-refractivity contribution in [3.05, 3.63) is 77.0 Å². The molecule has 0 N–H and O–H groups in total. The van der Waals surface area contributed by atoms with Crippen LogP contribution in [0.3, 0.4) is 0 Å². The van der Waals surface area contributed by atoms with Crippen LogP contribution < -0.4 is 0 Å². The average Bonchev–Trinajstić information content (AvgIpc) is 2.40. The van der Waals surface area contributed by atoms with Crippen molar-refractivity contribution in [3.8, 4) is 0 Å². The SMILES string of the molecule is C[C@H](c1ccccc1)/[N+]([O-])=C/c1ccccc1. The molecule has 17 heavy (non-hydrogen) atoms. The van der Waals surface area contributed by atoms with Gasteiger partial charge in [0, 0.05) is 18.1 Å². The smallest absolute Gasteiger partial charge is 0.185 e. The van der Waals surface area contributed by atoms with Gasteiger partial charge in [0.15, 0.2) is 12.3 Å². The molecule has 0 heterocycles. The van der Waals surface area contributed by atoms with Crippen LogP contribution in [0.1, 0.15) is 24.1 Å². The summed E-state index contributed by atoms with van der Waals surface area (Å²) in [6.45, 7) is 1.90. The summed E-state index contributed by atoms with van der Waals surface area (Å²) >= 11 is 0. The van der Waals surface area contributed by atoms with Crippen LogP contribution >= 0.6 is 0 Å². The number of nitrogens with zero attached hydrogens (tertiary/aromatic N) is 1. The highest BCUT2D eigenvalue weighted by molar-refractivity contribution is 5.75.